The Morgan fingerprint density at radius 1 is 1.05 bits per heavy atom. The number of rotatable bonds is 5. The van der Waals surface area contributed by atoms with E-state index in [0.29, 0.717) is 6.54 Å². The van der Waals surface area contributed by atoms with Gasteiger partial charge in [0.1, 0.15) is 5.82 Å². The van der Waals surface area contributed by atoms with E-state index in [1.54, 1.807) is 18.2 Å². The SMILES string of the molecule is Fc1ccc(NCc2ccc(OCC(F)(F)F)nc2)cc1. The van der Waals surface area contributed by atoms with Crippen molar-refractivity contribution in [2.24, 2.45) is 0 Å². The lowest BCUT2D eigenvalue weighted by Gasteiger charge is -2.09. The van der Waals surface area contributed by atoms with Gasteiger partial charge in [0, 0.05) is 24.5 Å². The van der Waals surface area contributed by atoms with Crippen LogP contribution in [-0.2, 0) is 6.54 Å². The van der Waals surface area contributed by atoms with Crippen LogP contribution in [0.15, 0.2) is 42.6 Å². The van der Waals surface area contributed by atoms with Crippen molar-refractivity contribution in [1.82, 2.24) is 4.98 Å². The number of benzene rings is 1. The first-order valence-corrected chi connectivity index (χ1v) is 6.06. The molecule has 1 heterocycles. The molecule has 2 rings (SSSR count). The number of nitrogens with one attached hydrogen (secondary N) is 1. The van der Waals surface area contributed by atoms with Crippen molar-refractivity contribution in [2.75, 3.05) is 11.9 Å². The van der Waals surface area contributed by atoms with Crippen LogP contribution < -0.4 is 10.1 Å². The number of pyridine rings is 1. The van der Waals surface area contributed by atoms with Gasteiger partial charge in [-0.3, -0.25) is 0 Å². The second kappa shape index (κ2) is 6.43. The Hall–Kier alpha value is -2.31. The highest BCUT2D eigenvalue weighted by molar-refractivity contribution is 5.43. The van der Waals surface area contributed by atoms with Crippen LogP contribution in [0.1, 0.15) is 5.56 Å². The summed E-state index contributed by atoms with van der Waals surface area (Å²) in [7, 11) is 0. The minimum absolute atomic E-state index is 0.0853. The molecule has 0 unspecified atom stereocenters. The smallest absolute Gasteiger partial charge is 0.422 e. The van der Waals surface area contributed by atoms with Gasteiger partial charge in [0.2, 0.25) is 5.88 Å². The van der Waals surface area contributed by atoms with Gasteiger partial charge in [-0.1, -0.05) is 6.07 Å². The molecule has 1 N–H and O–H groups in total. The van der Waals surface area contributed by atoms with E-state index in [4.69, 9.17) is 0 Å². The maximum absolute atomic E-state index is 12.7. The molecule has 2 aromatic rings. The first kappa shape index (κ1) is 15.1. The molecule has 0 radical (unpaired) electrons. The highest BCUT2D eigenvalue weighted by Crippen LogP contribution is 2.17. The van der Waals surface area contributed by atoms with Gasteiger partial charge in [0.15, 0.2) is 6.61 Å². The highest BCUT2D eigenvalue weighted by atomic mass is 19.4. The Labute approximate surface area is 118 Å². The number of ether oxygens (including phenoxy) is 1. The quantitative estimate of drug-likeness (QED) is 0.853. The molecular weight excluding hydrogens is 288 g/mol. The van der Waals surface area contributed by atoms with Gasteiger partial charge in [0.05, 0.1) is 0 Å². The van der Waals surface area contributed by atoms with E-state index in [1.165, 1.54) is 24.4 Å². The molecule has 0 aliphatic heterocycles. The van der Waals surface area contributed by atoms with E-state index in [0.717, 1.165) is 11.3 Å². The van der Waals surface area contributed by atoms with Crippen LogP contribution in [0.25, 0.3) is 0 Å². The number of alkyl halides is 3. The van der Waals surface area contributed by atoms with Gasteiger partial charge in [0.25, 0.3) is 0 Å². The molecule has 1 aromatic carbocycles. The highest BCUT2D eigenvalue weighted by Gasteiger charge is 2.28. The van der Waals surface area contributed by atoms with E-state index in [2.05, 4.69) is 15.0 Å². The Balaban J connectivity index is 1.86. The molecule has 1 aromatic heterocycles. The zero-order valence-electron chi connectivity index (χ0n) is 10.8. The fourth-order valence-electron chi connectivity index (χ4n) is 1.53. The van der Waals surface area contributed by atoms with Crippen LogP contribution in [0, 0.1) is 5.82 Å². The molecule has 21 heavy (non-hydrogen) atoms. The first-order valence-electron chi connectivity index (χ1n) is 6.06. The maximum atomic E-state index is 12.7. The van der Waals surface area contributed by atoms with Crippen molar-refractivity contribution in [3.8, 4) is 5.88 Å². The topological polar surface area (TPSA) is 34.1 Å². The van der Waals surface area contributed by atoms with Crippen molar-refractivity contribution in [3.63, 3.8) is 0 Å². The van der Waals surface area contributed by atoms with Crippen LogP contribution in [0.3, 0.4) is 0 Å². The van der Waals surface area contributed by atoms with Crippen LogP contribution in [0.5, 0.6) is 5.88 Å². The number of aromatic nitrogens is 1. The van der Waals surface area contributed by atoms with E-state index < -0.39 is 12.8 Å². The number of hydrogen-bond donors (Lipinski definition) is 1. The Morgan fingerprint density at radius 3 is 2.33 bits per heavy atom. The third kappa shape index (κ3) is 5.29. The third-order valence-electron chi connectivity index (χ3n) is 2.52. The van der Waals surface area contributed by atoms with Crippen molar-refractivity contribution in [2.45, 2.75) is 12.7 Å². The lowest BCUT2D eigenvalue weighted by molar-refractivity contribution is -0.154. The Morgan fingerprint density at radius 2 is 1.76 bits per heavy atom. The summed E-state index contributed by atoms with van der Waals surface area (Å²) in [5.41, 5.74) is 1.49. The van der Waals surface area contributed by atoms with Crippen molar-refractivity contribution in [3.05, 3.63) is 54.0 Å². The van der Waals surface area contributed by atoms with E-state index in [-0.39, 0.29) is 11.7 Å². The maximum Gasteiger partial charge on any atom is 0.422 e. The zero-order chi connectivity index (χ0) is 15.3. The average molecular weight is 300 g/mol. The van der Waals surface area contributed by atoms with Crippen LogP contribution in [0.2, 0.25) is 0 Å². The van der Waals surface area contributed by atoms with Gasteiger partial charge in [-0.15, -0.1) is 0 Å². The lowest BCUT2D eigenvalue weighted by Crippen LogP contribution is -2.19. The van der Waals surface area contributed by atoms with Crippen molar-refractivity contribution in [1.29, 1.82) is 0 Å². The average Bonchev–Trinajstić information content (AvgIpc) is 2.45. The van der Waals surface area contributed by atoms with E-state index >= 15 is 0 Å². The lowest BCUT2D eigenvalue weighted by atomic mass is 10.2. The van der Waals surface area contributed by atoms with Crippen molar-refractivity contribution >= 4 is 5.69 Å². The van der Waals surface area contributed by atoms with Gasteiger partial charge in [-0.25, -0.2) is 9.37 Å². The molecule has 0 amide bonds. The molecule has 0 saturated heterocycles. The molecule has 0 fully saturated rings. The monoisotopic (exact) mass is 300 g/mol. The third-order valence-corrected chi connectivity index (χ3v) is 2.52. The van der Waals surface area contributed by atoms with Crippen LogP contribution in [0.4, 0.5) is 23.2 Å². The molecule has 0 spiro atoms. The Bertz CT molecular complexity index is 567. The minimum Gasteiger partial charge on any atom is -0.468 e. The fraction of sp³-hybridized carbons (Fsp3) is 0.214. The summed E-state index contributed by atoms with van der Waals surface area (Å²) in [5, 5.41) is 3.04. The second-order valence-corrected chi connectivity index (χ2v) is 4.27. The molecular formula is C14H12F4N2O. The number of halogens is 4. The van der Waals surface area contributed by atoms with Crippen molar-refractivity contribution < 1.29 is 22.3 Å². The summed E-state index contributed by atoms with van der Waals surface area (Å²) in [6.07, 6.45) is -2.97. The molecule has 112 valence electrons. The number of anilines is 1. The summed E-state index contributed by atoms with van der Waals surface area (Å²) in [6.45, 7) is -0.953. The first-order chi connectivity index (χ1) is 9.92. The van der Waals surface area contributed by atoms with E-state index in [9.17, 15) is 17.6 Å². The number of nitrogens with zero attached hydrogens (tertiary/aromatic N) is 1. The molecule has 0 aliphatic carbocycles. The summed E-state index contributed by atoms with van der Waals surface area (Å²) in [6, 6.07) is 8.80. The largest absolute Gasteiger partial charge is 0.468 e. The standard InChI is InChI=1S/C14H12F4N2O/c15-11-2-4-12(5-3-11)19-7-10-1-6-13(20-8-10)21-9-14(16,17)18/h1-6,8,19H,7,9H2. The van der Waals surface area contributed by atoms with Crippen LogP contribution >= 0.6 is 0 Å². The summed E-state index contributed by atoms with van der Waals surface area (Å²) in [4.78, 5) is 3.79. The van der Waals surface area contributed by atoms with Gasteiger partial charge in [-0.2, -0.15) is 13.2 Å². The van der Waals surface area contributed by atoms with Crippen LogP contribution in [-0.4, -0.2) is 17.8 Å². The zero-order valence-corrected chi connectivity index (χ0v) is 10.8. The minimum atomic E-state index is -4.38. The summed E-state index contributed by atoms with van der Waals surface area (Å²) < 4.78 is 53.1. The number of hydrogen-bond acceptors (Lipinski definition) is 3. The Kier molecular flexibility index (Phi) is 4.62. The molecule has 0 aliphatic rings. The molecule has 0 atom stereocenters. The summed E-state index contributed by atoms with van der Waals surface area (Å²) >= 11 is 0. The predicted molar refractivity (Wildman–Crippen MR) is 69.5 cm³/mol. The molecule has 0 saturated carbocycles. The van der Waals surface area contributed by atoms with Gasteiger partial charge >= 0.3 is 6.18 Å². The van der Waals surface area contributed by atoms with Gasteiger partial charge < -0.3 is 10.1 Å². The second-order valence-electron chi connectivity index (χ2n) is 4.27. The predicted octanol–water partition coefficient (Wildman–Crippen LogP) is 3.77. The summed E-state index contributed by atoms with van der Waals surface area (Å²) in [5.74, 6) is -0.411. The molecule has 3 nitrogen and oxygen atoms in total. The normalized spacial score (nSPS) is 11.2. The molecule has 7 heteroatoms. The van der Waals surface area contributed by atoms with E-state index in [1.807, 2.05) is 0 Å². The van der Waals surface area contributed by atoms with Gasteiger partial charge in [-0.05, 0) is 29.8 Å². The molecule has 0 bridgehead atoms. The fourth-order valence-corrected chi connectivity index (χ4v) is 1.53.